The van der Waals surface area contributed by atoms with Crippen molar-refractivity contribution in [1.82, 2.24) is 10.2 Å². The summed E-state index contributed by atoms with van der Waals surface area (Å²) in [6.45, 7) is 6.87. The van der Waals surface area contributed by atoms with Gasteiger partial charge in [0.25, 0.3) is 0 Å². The molecule has 0 aromatic rings. The van der Waals surface area contributed by atoms with Crippen molar-refractivity contribution in [2.24, 2.45) is 11.8 Å². The van der Waals surface area contributed by atoms with Gasteiger partial charge in [0.15, 0.2) is 0 Å². The van der Waals surface area contributed by atoms with Gasteiger partial charge in [-0.05, 0) is 32.6 Å². The maximum absolute atomic E-state index is 12.2. The molecule has 0 aromatic heterocycles. The highest BCUT2D eigenvalue weighted by Crippen LogP contribution is 2.31. The summed E-state index contributed by atoms with van der Waals surface area (Å²) in [6.07, 6.45) is 3.94. The molecule has 2 fully saturated rings. The van der Waals surface area contributed by atoms with Crippen LogP contribution in [0.5, 0.6) is 0 Å². The number of nitrogens with one attached hydrogen (secondary N) is 1. The number of likely N-dealkylation sites (tertiary alicyclic amines) is 1. The zero-order chi connectivity index (χ0) is 15.6. The van der Waals surface area contributed by atoms with Gasteiger partial charge in [0, 0.05) is 25.6 Å². The van der Waals surface area contributed by atoms with Crippen LogP contribution in [0.25, 0.3) is 0 Å². The Kier molecular flexibility index (Phi) is 4.91. The predicted molar refractivity (Wildman–Crippen MR) is 80.5 cm³/mol. The molecule has 1 saturated carbocycles. The third-order valence-electron chi connectivity index (χ3n) is 4.81. The lowest BCUT2D eigenvalue weighted by Crippen LogP contribution is -2.47. The standard InChI is InChI=1S/C16H28N2O3/c1-11(2)18-9-13(7-14(18)19)15(20)17-10-16(21)6-4-5-12(3)8-16/h11-13,21H,4-10H2,1-3H3,(H,17,20). The molecule has 1 saturated heterocycles. The zero-order valence-electron chi connectivity index (χ0n) is 13.4. The monoisotopic (exact) mass is 296 g/mol. The lowest BCUT2D eigenvalue weighted by molar-refractivity contribution is -0.130. The molecule has 1 aliphatic carbocycles. The molecule has 0 aromatic carbocycles. The Morgan fingerprint density at radius 2 is 2.24 bits per heavy atom. The van der Waals surface area contributed by atoms with E-state index in [1.807, 2.05) is 13.8 Å². The maximum Gasteiger partial charge on any atom is 0.225 e. The number of amides is 2. The Morgan fingerprint density at radius 3 is 2.81 bits per heavy atom. The van der Waals surface area contributed by atoms with E-state index in [-0.39, 0.29) is 23.8 Å². The largest absolute Gasteiger partial charge is 0.388 e. The molecule has 5 heteroatoms. The summed E-state index contributed by atoms with van der Waals surface area (Å²) in [5.74, 6) is 0.183. The SMILES string of the molecule is CC1CCCC(O)(CNC(=O)C2CC(=O)N(C(C)C)C2)C1. The highest BCUT2D eigenvalue weighted by Gasteiger charge is 2.37. The average molecular weight is 296 g/mol. The number of rotatable bonds is 4. The molecular formula is C16H28N2O3. The van der Waals surface area contributed by atoms with Gasteiger partial charge in [0.1, 0.15) is 0 Å². The van der Waals surface area contributed by atoms with Crippen LogP contribution in [0.1, 0.15) is 52.9 Å². The van der Waals surface area contributed by atoms with E-state index in [2.05, 4.69) is 12.2 Å². The number of hydrogen-bond donors (Lipinski definition) is 2. The third-order valence-corrected chi connectivity index (χ3v) is 4.81. The molecule has 0 bridgehead atoms. The first-order chi connectivity index (χ1) is 9.81. The fourth-order valence-electron chi connectivity index (χ4n) is 3.60. The number of hydrogen-bond acceptors (Lipinski definition) is 3. The van der Waals surface area contributed by atoms with Crippen LogP contribution in [0.3, 0.4) is 0 Å². The minimum atomic E-state index is -0.770. The fraction of sp³-hybridized carbons (Fsp3) is 0.875. The average Bonchev–Trinajstić information content (AvgIpc) is 2.78. The van der Waals surface area contributed by atoms with Gasteiger partial charge in [-0.25, -0.2) is 0 Å². The molecule has 2 amide bonds. The summed E-state index contributed by atoms with van der Waals surface area (Å²) in [4.78, 5) is 25.8. The summed E-state index contributed by atoms with van der Waals surface area (Å²) in [6, 6.07) is 0.138. The van der Waals surface area contributed by atoms with Crippen LogP contribution in [-0.2, 0) is 9.59 Å². The first-order valence-corrected chi connectivity index (χ1v) is 8.10. The summed E-state index contributed by atoms with van der Waals surface area (Å²) in [5, 5.41) is 13.4. The summed E-state index contributed by atoms with van der Waals surface area (Å²) in [5.41, 5.74) is -0.770. The Bertz CT molecular complexity index is 410. The molecule has 1 aliphatic heterocycles. The van der Waals surface area contributed by atoms with Gasteiger partial charge in [-0.15, -0.1) is 0 Å². The third kappa shape index (κ3) is 3.96. The minimum Gasteiger partial charge on any atom is -0.388 e. The molecule has 3 atom stereocenters. The van der Waals surface area contributed by atoms with Crippen LogP contribution in [0.2, 0.25) is 0 Å². The van der Waals surface area contributed by atoms with Gasteiger partial charge in [-0.1, -0.05) is 19.8 Å². The molecule has 2 rings (SSSR count). The second-order valence-corrected chi connectivity index (χ2v) is 7.18. The smallest absolute Gasteiger partial charge is 0.225 e. The van der Waals surface area contributed by atoms with E-state index in [9.17, 15) is 14.7 Å². The number of carbonyl (C=O) groups is 2. The van der Waals surface area contributed by atoms with Crippen molar-refractivity contribution in [1.29, 1.82) is 0 Å². The second kappa shape index (κ2) is 6.34. The van der Waals surface area contributed by atoms with E-state index in [4.69, 9.17) is 0 Å². The van der Waals surface area contributed by atoms with Gasteiger partial charge < -0.3 is 15.3 Å². The maximum atomic E-state index is 12.2. The van der Waals surface area contributed by atoms with E-state index in [0.29, 0.717) is 25.4 Å². The lowest BCUT2D eigenvalue weighted by atomic mass is 9.79. The minimum absolute atomic E-state index is 0.0511. The van der Waals surface area contributed by atoms with Gasteiger partial charge in [0.2, 0.25) is 11.8 Å². The van der Waals surface area contributed by atoms with Gasteiger partial charge in [0.05, 0.1) is 11.5 Å². The van der Waals surface area contributed by atoms with E-state index in [1.165, 1.54) is 0 Å². The molecule has 0 radical (unpaired) electrons. The second-order valence-electron chi connectivity index (χ2n) is 7.18. The fourth-order valence-corrected chi connectivity index (χ4v) is 3.60. The van der Waals surface area contributed by atoms with E-state index in [0.717, 1.165) is 25.7 Å². The van der Waals surface area contributed by atoms with Gasteiger partial charge in [-0.3, -0.25) is 9.59 Å². The Balaban J connectivity index is 1.84. The van der Waals surface area contributed by atoms with Crippen LogP contribution in [0.4, 0.5) is 0 Å². The van der Waals surface area contributed by atoms with Crippen molar-refractivity contribution in [2.75, 3.05) is 13.1 Å². The van der Waals surface area contributed by atoms with Crippen LogP contribution >= 0.6 is 0 Å². The molecule has 2 aliphatic rings. The summed E-state index contributed by atoms with van der Waals surface area (Å²) >= 11 is 0. The van der Waals surface area contributed by atoms with Crippen LogP contribution in [0, 0.1) is 11.8 Å². The molecule has 120 valence electrons. The highest BCUT2D eigenvalue weighted by atomic mass is 16.3. The molecular weight excluding hydrogens is 268 g/mol. The first kappa shape index (κ1) is 16.3. The molecule has 5 nitrogen and oxygen atoms in total. The topological polar surface area (TPSA) is 69.6 Å². The van der Waals surface area contributed by atoms with Crippen molar-refractivity contribution >= 4 is 11.8 Å². The highest BCUT2D eigenvalue weighted by molar-refractivity contribution is 5.89. The molecule has 1 heterocycles. The molecule has 0 spiro atoms. The normalized spacial score (nSPS) is 33.6. The first-order valence-electron chi connectivity index (χ1n) is 8.10. The van der Waals surface area contributed by atoms with Gasteiger partial charge >= 0.3 is 0 Å². The number of carbonyl (C=O) groups excluding carboxylic acids is 2. The van der Waals surface area contributed by atoms with Crippen LogP contribution in [0.15, 0.2) is 0 Å². The molecule has 3 unspecified atom stereocenters. The van der Waals surface area contributed by atoms with Crippen molar-refractivity contribution < 1.29 is 14.7 Å². The quantitative estimate of drug-likeness (QED) is 0.821. The predicted octanol–water partition coefficient (Wildman–Crippen LogP) is 1.30. The summed E-state index contributed by atoms with van der Waals surface area (Å²) in [7, 11) is 0. The van der Waals surface area contributed by atoms with Crippen LogP contribution < -0.4 is 5.32 Å². The van der Waals surface area contributed by atoms with E-state index in [1.54, 1.807) is 4.90 Å². The lowest BCUT2D eigenvalue weighted by Gasteiger charge is -2.35. The van der Waals surface area contributed by atoms with Crippen molar-refractivity contribution in [3.63, 3.8) is 0 Å². The Labute approximate surface area is 127 Å². The Hall–Kier alpha value is -1.10. The molecule has 21 heavy (non-hydrogen) atoms. The van der Waals surface area contributed by atoms with E-state index < -0.39 is 5.60 Å². The van der Waals surface area contributed by atoms with Gasteiger partial charge in [-0.2, -0.15) is 0 Å². The van der Waals surface area contributed by atoms with Crippen molar-refractivity contribution in [3.05, 3.63) is 0 Å². The zero-order valence-corrected chi connectivity index (χ0v) is 13.4. The number of aliphatic hydroxyl groups is 1. The Morgan fingerprint density at radius 1 is 1.52 bits per heavy atom. The summed E-state index contributed by atoms with van der Waals surface area (Å²) < 4.78 is 0. The van der Waals surface area contributed by atoms with Crippen LogP contribution in [-0.4, -0.2) is 46.6 Å². The number of nitrogens with zero attached hydrogens (tertiary/aromatic N) is 1. The molecule has 2 N–H and O–H groups in total. The van der Waals surface area contributed by atoms with Crippen molar-refractivity contribution in [3.8, 4) is 0 Å². The van der Waals surface area contributed by atoms with Crippen molar-refractivity contribution in [2.45, 2.75) is 64.5 Å². The van der Waals surface area contributed by atoms with E-state index >= 15 is 0 Å².